The van der Waals surface area contributed by atoms with Crippen LogP contribution in [-0.4, -0.2) is 23.0 Å². The maximum Gasteiger partial charge on any atom is 0.311 e. The van der Waals surface area contributed by atoms with Crippen molar-refractivity contribution in [2.75, 3.05) is 0 Å². The van der Waals surface area contributed by atoms with E-state index in [-0.39, 0.29) is 5.91 Å². The highest BCUT2D eigenvalue weighted by Crippen LogP contribution is 2.25. The van der Waals surface area contributed by atoms with E-state index >= 15 is 0 Å². The Hall–Kier alpha value is -2.35. The second-order valence-electron chi connectivity index (χ2n) is 5.88. The fraction of sp³-hybridized carbons (Fsp3) is 0.471. The van der Waals surface area contributed by atoms with Gasteiger partial charge in [0.25, 0.3) is 5.91 Å². The van der Waals surface area contributed by atoms with E-state index < -0.39 is 17.4 Å². The van der Waals surface area contributed by atoms with Gasteiger partial charge in [0.15, 0.2) is 0 Å². The van der Waals surface area contributed by atoms with E-state index in [4.69, 9.17) is 5.26 Å². The minimum atomic E-state index is -1.04. The summed E-state index contributed by atoms with van der Waals surface area (Å²) in [5.41, 5.74) is -0.149. The molecule has 5 nitrogen and oxygen atoms in total. The first-order valence-corrected chi connectivity index (χ1v) is 7.37. The zero-order chi connectivity index (χ0) is 16.8. The molecule has 1 amide bonds. The number of carboxylic acids is 1. The summed E-state index contributed by atoms with van der Waals surface area (Å²) in [5, 5.41) is 21.0. The number of carboxylic acid groups (broad SMARTS) is 1. The first-order valence-electron chi connectivity index (χ1n) is 7.37. The molecule has 118 valence electrons. The Morgan fingerprint density at radius 2 is 1.91 bits per heavy atom. The zero-order valence-corrected chi connectivity index (χ0v) is 13.2. The summed E-state index contributed by atoms with van der Waals surface area (Å²) in [6, 6.07) is 7.81. The monoisotopic (exact) mass is 302 g/mol. The molecule has 1 unspecified atom stereocenters. The number of aliphatic carboxylic acids is 1. The van der Waals surface area contributed by atoms with Crippen molar-refractivity contribution in [2.45, 2.75) is 46.1 Å². The minimum absolute atomic E-state index is 0.320. The molecule has 0 aliphatic heterocycles. The standard InChI is InChI=1S/C17H22N2O3/c1-4-5-6-14(17(2,3)16(21)22)19-15(20)13-9-7-12(11-18)8-10-13/h7-10,14H,4-6H2,1-3H3,(H,19,20)(H,21,22). The Bertz CT molecular complexity index is 571. The highest BCUT2D eigenvalue weighted by molar-refractivity contribution is 5.95. The first-order chi connectivity index (χ1) is 10.3. The van der Waals surface area contributed by atoms with Gasteiger partial charge in [-0.2, -0.15) is 5.26 Å². The largest absolute Gasteiger partial charge is 0.481 e. The predicted molar refractivity (Wildman–Crippen MR) is 83.4 cm³/mol. The van der Waals surface area contributed by atoms with Gasteiger partial charge in [0.1, 0.15) is 0 Å². The van der Waals surface area contributed by atoms with Crippen molar-refractivity contribution >= 4 is 11.9 Å². The van der Waals surface area contributed by atoms with Crippen LogP contribution >= 0.6 is 0 Å². The topological polar surface area (TPSA) is 90.2 Å². The maximum absolute atomic E-state index is 12.3. The SMILES string of the molecule is CCCCC(NC(=O)c1ccc(C#N)cc1)C(C)(C)C(=O)O. The van der Waals surface area contributed by atoms with Crippen molar-refractivity contribution in [3.8, 4) is 6.07 Å². The molecule has 0 saturated heterocycles. The van der Waals surface area contributed by atoms with Gasteiger partial charge in [0.2, 0.25) is 0 Å². The molecule has 1 rings (SSSR count). The molecule has 0 radical (unpaired) electrons. The van der Waals surface area contributed by atoms with Gasteiger partial charge in [0, 0.05) is 11.6 Å². The number of hydrogen-bond donors (Lipinski definition) is 2. The van der Waals surface area contributed by atoms with E-state index in [0.717, 1.165) is 12.8 Å². The number of benzene rings is 1. The van der Waals surface area contributed by atoms with Crippen molar-refractivity contribution < 1.29 is 14.7 Å². The van der Waals surface area contributed by atoms with E-state index in [1.54, 1.807) is 38.1 Å². The lowest BCUT2D eigenvalue weighted by molar-refractivity contribution is -0.148. The van der Waals surface area contributed by atoms with Crippen LogP contribution in [0.5, 0.6) is 0 Å². The van der Waals surface area contributed by atoms with Gasteiger partial charge in [-0.15, -0.1) is 0 Å². The Morgan fingerprint density at radius 1 is 1.32 bits per heavy atom. The first kappa shape index (κ1) is 17.7. The molecule has 0 bridgehead atoms. The summed E-state index contributed by atoms with van der Waals surface area (Å²) < 4.78 is 0. The molecule has 0 heterocycles. The van der Waals surface area contributed by atoms with E-state index in [1.807, 2.05) is 13.0 Å². The average molecular weight is 302 g/mol. The van der Waals surface area contributed by atoms with Gasteiger partial charge < -0.3 is 10.4 Å². The molecule has 0 aliphatic rings. The number of nitrogens with one attached hydrogen (secondary N) is 1. The van der Waals surface area contributed by atoms with Crippen LogP contribution in [0, 0.1) is 16.7 Å². The Labute approximate surface area is 131 Å². The normalized spacial score (nSPS) is 12.3. The van der Waals surface area contributed by atoms with Crippen LogP contribution in [0.2, 0.25) is 0 Å². The van der Waals surface area contributed by atoms with E-state index in [9.17, 15) is 14.7 Å². The quantitative estimate of drug-likeness (QED) is 0.810. The molecular weight excluding hydrogens is 280 g/mol. The van der Waals surface area contributed by atoms with E-state index in [0.29, 0.717) is 17.5 Å². The Morgan fingerprint density at radius 3 is 2.36 bits per heavy atom. The number of nitrogens with zero attached hydrogens (tertiary/aromatic N) is 1. The van der Waals surface area contributed by atoms with Crippen LogP contribution in [0.25, 0.3) is 0 Å². The third kappa shape index (κ3) is 4.32. The molecule has 22 heavy (non-hydrogen) atoms. The number of hydrogen-bond acceptors (Lipinski definition) is 3. The Kier molecular flexibility index (Phi) is 6.11. The molecule has 0 aromatic heterocycles. The summed E-state index contributed by atoms with van der Waals surface area (Å²) in [6.07, 6.45) is 2.38. The molecule has 1 aromatic rings. The number of rotatable bonds is 7. The van der Waals surface area contributed by atoms with Crippen LogP contribution in [0.4, 0.5) is 0 Å². The summed E-state index contributed by atoms with van der Waals surface area (Å²) in [4.78, 5) is 23.7. The van der Waals surface area contributed by atoms with Crippen LogP contribution in [0.15, 0.2) is 24.3 Å². The third-order valence-electron chi connectivity index (χ3n) is 3.85. The average Bonchev–Trinajstić information content (AvgIpc) is 2.50. The van der Waals surface area contributed by atoms with Crippen molar-refractivity contribution in [1.82, 2.24) is 5.32 Å². The van der Waals surface area contributed by atoms with Gasteiger partial charge >= 0.3 is 5.97 Å². The third-order valence-corrected chi connectivity index (χ3v) is 3.85. The highest BCUT2D eigenvalue weighted by Gasteiger charge is 2.37. The highest BCUT2D eigenvalue weighted by atomic mass is 16.4. The van der Waals surface area contributed by atoms with Crippen molar-refractivity contribution in [3.05, 3.63) is 35.4 Å². The summed E-state index contributed by atoms with van der Waals surface area (Å²) >= 11 is 0. The number of nitriles is 1. The van der Waals surface area contributed by atoms with Gasteiger partial charge in [-0.3, -0.25) is 9.59 Å². The van der Waals surface area contributed by atoms with Gasteiger partial charge in [-0.1, -0.05) is 19.8 Å². The molecule has 1 aromatic carbocycles. The fourth-order valence-electron chi connectivity index (χ4n) is 2.11. The molecule has 0 aliphatic carbocycles. The smallest absolute Gasteiger partial charge is 0.311 e. The molecule has 2 N–H and O–H groups in total. The summed E-state index contributed by atoms with van der Waals surface area (Å²) in [6.45, 7) is 5.26. The van der Waals surface area contributed by atoms with E-state index in [2.05, 4.69) is 5.32 Å². The summed E-state index contributed by atoms with van der Waals surface area (Å²) in [5.74, 6) is -1.26. The number of carbonyl (C=O) groups excluding carboxylic acids is 1. The van der Waals surface area contributed by atoms with Crippen LogP contribution in [-0.2, 0) is 4.79 Å². The maximum atomic E-state index is 12.3. The van der Waals surface area contributed by atoms with Crippen molar-refractivity contribution in [1.29, 1.82) is 5.26 Å². The van der Waals surface area contributed by atoms with Crippen LogP contribution in [0.1, 0.15) is 56.0 Å². The molecule has 0 saturated carbocycles. The molecule has 0 spiro atoms. The van der Waals surface area contributed by atoms with Gasteiger partial charge in [-0.05, 0) is 44.5 Å². The zero-order valence-electron chi connectivity index (χ0n) is 13.2. The summed E-state index contributed by atoms with van der Waals surface area (Å²) in [7, 11) is 0. The number of unbranched alkanes of at least 4 members (excludes halogenated alkanes) is 1. The lowest BCUT2D eigenvalue weighted by atomic mass is 9.81. The second kappa shape index (κ2) is 7.60. The lowest BCUT2D eigenvalue weighted by Crippen LogP contribution is -2.48. The molecule has 1 atom stereocenters. The number of amides is 1. The fourth-order valence-corrected chi connectivity index (χ4v) is 2.11. The predicted octanol–water partition coefficient (Wildman–Crippen LogP) is 2.96. The van der Waals surface area contributed by atoms with Gasteiger partial charge in [0.05, 0.1) is 17.0 Å². The van der Waals surface area contributed by atoms with Gasteiger partial charge in [-0.25, -0.2) is 0 Å². The lowest BCUT2D eigenvalue weighted by Gasteiger charge is -2.31. The molecular formula is C17H22N2O3. The Balaban J connectivity index is 2.90. The molecule has 5 heteroatoms. The number of carbonyl (C=O) groups is 2. The minimum Gasteiger partial charge on any atom is -0.481 e. The van der Waals surface area contributed by atoms with E-state index in [1.165, 1.54) is 0 Å². The van der Waals surface area contributed by atoms with Crippen molar-refractivity contribution in [3.63, 3.8) is 0 Å². The second-order valence-corrected chi connectivity index (χ2v) is 5.88. The van der Waals surface area contributed by atoms with Crippen LogP contribution < -0.4 is 5.32 Å². The molecule has 0 fully saturated rings. The van der Waals surface area contributed by atoms with Crippen molar-refractivity contribution in [2.24, 2.45) is 5.41 Å². The van der Waals surface area contributed by atoms with Crippen LogP contribution in [0.3, 0.4) is 0 Å².